The van der Waals surface area contributed by atoms with E-state index < -0.39 is 0 Å². The Bertz CT molecular complexity index is 529. The van der Waals surface area contributed by atoms with E-state index in [0.717, 1.165) is 31.9 Å². The van der Waals surface area contributed by atoms with E-state index in [2.05, 4.69) is 26.7 Å². The zero-order valence-electron chi connectivity index (χ0n) is 10.7. The highest BCUT2D eigenvalue weighted by Crippen LogP contribution is 2.22. The number of hydrogen-bond acceptors (Lipinski definition) is 5. The van der Waals surface area contributed by atoms with Gasteiger partial charge in [-0.1, -0.05) is 6.07 Å². The van der Waals surface area contributed by atoms with Crippen LogP contribution in [0.2, 0.25) is 0 Å². The van der Waals surface area contributed by atoms with Crippen LogP contribution in [0.15, 0.2) is 35.0 Å². The second kappa shape index (κ2) is 5.69. The molecule has 3 rings (SSSR count). The normalized spacial score (nSPS) is 20.5. The maximum absolute atomic E-state index is 5.81. The van der Waals surface area contributed by atoms with Gasteiger partial charge in [0.25, 0.3) is 0 Å². The number of hydrogen-bond donors (Lipinski definition) is 1. The van der Waals surface area contributed by atoms with Crippen molar-refractivity contribution in [3.8, 4) is 0 Å². The van der Waals surface area contributed by atoms with Crippen LogP contribution in [0.25, 0.3) is 0 Å². The summed E-state index contributed by atoms with van der Waals surface area (Å²) in [5.41, 5.74) is 8.02. The van der Waals surface area contributed by atoms with Gasteiger partial charge in [0.05, 0.1) is 12.3 Å². The fraction of sp³-hybridized carbons (Fsp3) is 0.357. The van der Waals surface area contributed by atoms with Crippen molar-refractivity contribution < 1.29 is 4.74 Å². The lowest BCUT2D eigenvalue weighted by molar-refractivity contribution is -0.0348. The summed E-state index contributed by atoms with van der Waals surface area (Å²) in [7, 11) is 0. The smallest absolute Gasteiger partial charge is 0.123 e. The maximum atomic E-state index is 5.81. The van der Waals surface area contributed by atoms with Crippen LogP contribution in [0.4, 0.5) is 5.82 Å². The summed E-state index contributed by atoms with van der Waals surface area (Å²) in [5, 5.41) is 4.32. The van der Waals surface area contributed by atoms with Crippen LogP contribution in [-0.4, -0.2) is 29.6 Å². The van der Waals surface area contributed by atoms with Crippen molar-refractivity contribution in [2.24, 2.45) is 0 Å². The zero-order chi connectivity index (χ0) is 13.1. The second-order valence-electron chi connectivity index (χ2n) is 4.71. The van der Waals surface area contributed by atoms with Gasteiger partial charge in [0.1, 0.15) is 11.9 Å². The van der Waals surface area contributed by atoms with Crippen LogP contribution in [0.5, 0.6) is 0 Å². The van der Waals surface area contributed by atoms with Crippen molar-refractivity contribution in [3.05, 3.63) is 46.3 Å². The molecule has 19 heavy (non-hydrogen) atoms. The molecule has 1 unspecified atom stereocenters. The largest absolute Gasteiger partial charge is 0.384 e. The van der Waals surface area contributed by atoms with Gasteiger partial charge in [0.15, 0.2) is 0 Å². The number of morpholine rings is 1. The van der Waals surface area contributed by atoms with Crippen molar-refractivity contribution >= 4 is 17.2 Å². The first kappa shape index (κ1) is 12.6. The van der Waals surface area contributed by atoms with Crippen molar-refractivity contribution in [3.63, 3.8) is 0 Å². The monoisotopic (exact) mass is 275 g/mol. The van der Waals surface area contributed by atoms with Gasteiger partial charge in [-0.2, -0.15) is 11.3 Å². The van der Waals surface area contributed by atoms with E-state index in [9.17, 15) is 0 Å². The number of thiophene rings is 1. The van der Waals surface area contributed by atoms with Crippen molar-refractivity contribution in [1.82, 2.24) is 9.88 Å². The molecule has 2 aromatic heterocycles. The first-order valence-corrected chi connectivity index (χ1v) is 7.33. The standard InChI is InChI=1S/C14H17N3OS/c15-14-3-1-2-12(16-14)13-9-17(5-6-18-13)8-11-4-7-19-10-11/h1-4,7,10,13H,5-6,8-9H2,(H2,15,16). The Morgan fingerprint density at radius 1 is 1.42 bits per heavy atom. The van der Waals surface area contributed by atoms with Gasteiger partial charge >= 0.3 is 0 Å². The van der Waals surface area contributed by atoms with Crippen LogP contribution < -0.4 is 5.73 Å². The molecule has 1 saturated heterocycles. The van der Waals surface area contributed by atoms with Crippen molar-refractivity contribution in [2.45, 2.75) is 12.6 Å². The summed E-state index contributed by atoms with van der Waals surface area (Å²) in [6.45, 7) is 3.55. The molecule has 1 aliphatic heterocycles. The van der Waals surface area contributed by atoms with Crippen molar-refractivity contribution in [1.29, 1.82) is 0 Å². The van der Waals surface area contributed by atoms with E-state index in [-0.39, 0.29) is 6.10 Å². The highest BCUT2D eigenvalue weighted by Gasteiger charge is 2.23. The van der Waals surface area contributed by atoms with Gasteiger partial charge in [0.2, 0.25) is 0 Å². The summed E-state index contributed by atoms with van der Waals surface area (Å²) in [6, 6.07) is 7.89. The number of pyridine rings is 1. The molecule has 1 aliphatic rings. The number of rotatable bonds is 3. The Hall–Kier alpha value is -1.43. The summed E-state index contributed by atoms with van der Waals surface area (Å²) < 4.78 is 5.81. The molecule has 5 heteroatoms. The number of ether oxygens (including phenoxy) is 1. The van der Waals surface area contributed by atoms with Crippen LogP contribution >= 0.6 is 11.3 Å². The van der Waals surface area contributed by atoms with Gasteiger partial charge in [-0.15, -0.1) is 0 Å². The molecule has 0 bridgehead atoms. The number of anilines is 1. The van der Waals surface area contributed by atoms with E-state index in [1.807, 2.05) is 12.1 Å². The summed E-state index contributed by atoms with van der Waals surface area (Å²) >= 11 is 1.74. The van der Waals surface area contributed by atoms with Crippen LogP contribution in [-0.2, 0) is 11.3 Å². The minimum Gasteiger partial charge on any atom is -0.384 e. The number of nitrogen functional groups attached to an aromatic ring is 1. The van der Waals surface area contributed by atoms with Crippen LogP contribution in [0, 0.1) is 0 Å². The van der Waals surface area contributed by atoms with Crippen molar-refractivity contribution in [2.75, 3.05) is 25.4 Å². The topological polar surface area (TPSA) is 51.4 Å². The Morgan fingerprint density at radius 2 is 2.37 bits per heavy atom. The summed E-state index contributed by atoms with van der Waals surface area (Å²) in [6.07, 6.45) is 0.0240. The van der Waals surface area contributed by atoms with E-state index in [4.69, 9.17) is 10.5 Å². The molecular formula is C14H17N3OS. The van der Waals surface area contributed by atoms with E-state index in [0.29, 0.717) is 5.82 Å². The lowest BCUT2D eigenvalue weighted by atomic mass is 10.1. The fourth-order valence-electron chi connectivity index (χ4n) is 2.31. The minimum atomic E-state index is 0.0240. The Balaban J connectivity index is 1.67. The van der Waals surface area contributed by atoms with Gasteiger partial charge in [-0.3, -0.25) is 4.90 Å². The molecule has 0 saturated carbocycles. The zero-order valence-corrected chi connectivity index (χ0v) is 11.5. The molecule has 3 heterocycles. The van der Waals surface area contributed by atoms with E-state index in [1.54, 1.807) is 17.4 Å². The third-order valence-electron chi connectivity index (χ3n) is 3.26. The Kier molecular flexibility index (Phi) is 3.77. The highest BCUT2D eigenvalue weighted by atomic mass is 32.1. The predicted octanol–water partition coefficient (Wildman–Crippen LogP) is 2.30. The summed E-state index contributed by atoms with van der Waals surface area (Å²) in [4.78, 5) is 6.76. The molecule has 0 spiro atoms. The third kappa shape index (κ3) is 3.12. The molecule has 0 aromatic carbocycles. The SMILES string of the molecule is Nc1cccc(C2CN(Cc3ccsc3)CCO2)n1. The van der Waals surface area contributed by atoms with E-state index in [1.165, 1.54) is 5.56 Å². The molecule has 0 radical (unpaired) electrons. The molecule has 4 nitrogen and oxygen atoms in total. The average molecular weight is 275 g/mol. The quantitative estimate of drug-likeness (QED) is 0.934. The van der Waals surface area contributed by atoms with Gasteiger partial charge in [-0.25, -0.2) is 4.98 Å². The number of aromatic nitrogens is 1. The van der Waals surface area contributed by atoms with E-state index >= 15 is 0 Å². The Morgan fingerprint density at radius 3 is 3.16 bits per heavy atom. The van der Waals surface area contributed by atoms with Gasteiger partial charge in [0, 0.05) is 19.6 Å². The first-order valence-electron chi connectivity index (χ1n) is 6.39. The number of nitrogens with two attached hydrogens (primary N) is 1. The van der Waals surface area contributed by atoms with Gasteiger partial charge in [-0.05, 0) is 34.5 Å². The fourth-order valence-corrected chi connectivity index (χ4v) is 2.97. The third-order valence-corrected chi connectivity index (χ3v) is 3.99. The molecule has 1 fully saturated rings. The molecule has 2 aromatic rings. The first-order chi connectivity index (χ1) is 9.31. The predicted molar refractivity (Wildman–Crippen MR) is 76.9 cm³/mol. The number of nitrogens with zero attached hydrogens (tertiary/aromatic N) is 2. The molecule has 1 atom stereocenters. The molecular weight excluding hydrogens is 258 g/mol. The second-order valence-corrected chi connectivity index (χ2v) is 5.49. The lowest BCUT2D eigenvalue weighted by Crippen LogP contribution is -2.38. The summed E-state index contributed by atoms with van der Waals surface area (Å²) in [5.74, 6) is 0.552. The molecule has 100 valence electrons. The molecule has 2 N–H and O–H groups in total. The van der Waals surface area contributed by atoms with Crippen LogP contribution in [0.1, 0.15) is 17.4 Å². The molecule has 0 aliphatic carbocycles. The maximum Gasteiger partial charge on any atom is 0.123 e. The van der Waals surface area contributed by atoms with Crippen LogP contribution in [0.3, 0.4) is 0 Å². The lowest BCUT2D eigenvalue weighted by Gasteiger charge is -2.32. The Labute approximate surface area is 116 Å². The van der Waals surface area contributed by atoms with Gasteiger partial charge < -0.3 is 10.5 Å². The average Bonchev–Trinajstić information content (AvgIpc) is 2.92. The highest BCUT2D eigenvalue weighted by molar-refractivity contribution is 7.07. The minimum absolute atomic E-state index is 0.0240. The molecule has 0 amide bonds.